The highest BCUT2D eigenvalue weighted by Gasteiger charge is 2.42. The lowest BCUT2D eigenvalue weighted by Gasteiger charge is -2.30. The topological polar surface area (TPSA) is 38.3 Å². The van der Waals surface area contributed by atoms with E-state index in [9.17, 15) is 4.79 Å². The molecule has 21 heavy (non-hydrogen) atoms. The molecule has 3 nitrogen and oxygen atoms in total. The second-order valence-corrected chi connectivity index (χ2v) is 7.26. The average Bonchev–Trinajstić information content (AvgIpc) is 3.03. The van der Waals surface area contributed by atoms with Gasteiger partial charge in [-0.15, -0.1) is 0 Å². The van der Waals surface area contributed by atoms with Crippen molar-refractivity contribution in [3.8, 4) is 5.75 Å². The van der Waals surface area contributed by atoms with Crippen molar-refractivity contribution >= 4 is 17.5 Å². The van der Waals surface area contributed by atoms with Crippen LogP contribution in [0.4, 0.5) is 0 Å². The molecule has 2 fully saturated rings. The lowest BCUT2D eigenvalue weighted by molar-refractivity contribution is -0.135. The van der Waals surface area contributed by atoms with Crippen molar-refractivity contribution in [1.82, 2.24) is 5.32 Å². The van der Waals surface area contributed by atoms with Crippen LogP contribution in [-0.4, -0.2) is 17.6 Å². The summed E-state index contributed by atoms with van der Waals surface area (Å²) in [6, 6.07) is 7.44. The first-order valence-electron chi connectivity index (χ1n) is 7.69. The van der Waals surface area contributed by atoms with Crippen LogP contribution in [0.25, 0.3) is 0 Å². The van der Waals surface area contributed by atoms with E-state index in [1.165, 1.54) is 19.3 Å². The minimum absolute atomic E-state index is 0.0324. The Labute approximate surface area is 131 Å². The maximum atomic E-state index is 12.5. The smallest absolute Gasteiger partial charge is 0.263 e. The van der Waals surface area contributed by atoms with Crippen molar-refractivity contribution < 1.29 is 9.53 Å². The van der Waals surface area contributed by atoms with Crippen molar-refractivity contribution in [2.75, 3.05) is 0 Å². The zero-order valence-electron chi connectivity index (χ0n) is 12.6. The number of rotatable bonds is 4. The first kappa shape index (κ1) is 14.7. The summed E-state index contributed by atoms with van der Waals surface area (Å²) in [6.07, 6.45) is 5.01. The summed E-state index contributed by atoms with van der Waals surface area (Å²) < 4.78 is 5.84. The maximum Gasteiger partial charge on any atom is 0.263 e. The van der Waals surface area contributed by atoms with Crippen molar-refractivity contribution in [3.63, 3.8) is 0 Å². The van der Waals surface area contributed by atoms with Crippen LogP contribution in [0.15, 0.2) is 24.3 Å². The largest absolute Gasteiger partial charge is 0.478 e. The predicted molar refractivity (Wildman–Crippen MR) is 83.5 cm³/mol. The molecule has 1 aromatic carbocycles. The fourth-order valence-corrected chi connectivity index (χ4v) is 3.73. The number of hydrogen-bond donors (Lipinski definition) is 1. The molecule has 0 aliphatic heterocycles. The minimum Gasteiger partial charge on any atom is -0.478 e. The fourth-order valence-electron chi connectivity index (χ4n) is 3.61. The third-order valence-electron chi connectivity index (χ3n) is 4.79. The summed E-state index contributed by atoms with van der Waals surface area (Å²) in [5.74, 6) is 2.12. The Morgan fingerprint density at radius 1 is 1.24 bits per heavy atom. The molecule has 0 radical (unpaired) electrons. The van der Waals surface area contributed by atoms with Crippen molar-refractivity contribution in [3.05, 3.63) is 29.3 Å². The standard InChI is InChI=1S/C17H22ClNO2/c1-17(2,21-14-7-5-13(18)6-8-14)16(20)19-15-10-11-3-4-12(15)9-11/h5-8,11-12,15H,3-4,9-10H2,1-2H3,(H,19,20)/t11-,12+,15+/m0/s1. The van der Waals surface area contributed by atoms with Gasteiger partial charge in [-0.2, -0.15) is 0 Å². The SMILES string of the molecule is CC(C)(Oc1ccc(Cl)cc1)C(=O)N[C@@H]1C[C@H]2CC[C@@H]1C2. The molecular formula is C17H22ClNO2. The lowest BCUT2D eigenvalue weighted by atomic mass is 9.94. The van der Waals surface area contributed by atoms with E-state index in [2.05, 4.69) is 5.32 Å². The molecule has 2 saturated carbocycles. The molecule has 1 N–H and O–H groups in total. The summed E-state index contributed by atoms with van der Waals surface area (Å²) >= 11 is 5.86. The van der Waals surface area contributed by atoms with Gasteiger partial charge in [-0.05, 0) is 69.2 Å². The van der Waals surface area contributed by atoms with E-state index in [0.717, 1.165) is 12.3 Å². The van der Waals surface area contributed by atoms with Gasteiger partial charge >= 0.3 is 0 Å². The van der Waals surface area contributed by atoms with Crippen LogP contribution in [0.1, 0.15) is 39.5 Å². The van der Waals surface area contributed by atoms with Gasteiger partial charge < -0.3 is 10.1 Å². The van der Waals surface area contributed by atoms with Gasteiger partial charge in [-0.1, -0.05) is 18.0 Å². The van der Waals surface area contributed by atoms with Crippen LogP contribution in [-0.2, 0) is 4.79 Å². The fraction of sp³-hybridized carbons (Fsp3) is 0.588. The van der Waals surface area contributed by atoms with Gasteiger partial charge in [0.1, 0.15) is 5.75 Å². The monoisotopic (exact) mass is 307 g/mol. The van der Waals surface area contributed by atoms with Crippen LogP contribution >= 0.6 is 11.6 Å². The molecule has 0 heterocycles. The van der Waals surface area contributed by atoms with Gasteiger partial charge in [0.25, 0.3) is 5.91 Å². The summed E-state index contributed by atoms with van der Waals surface area (Å²) in [5.41, 5.74) is -0.879. The molecule has 1 aromatic rings. The Morgan fingerprint density at radius 3 is 2.52 bits per heavy atom. The van der Waals surface area contributed by atoms with Crippen molar-refractivity contribution in [1.29, 1.82) is 0 Å². The van der Waals surface area contributed by atoms with Crippen molar-refractivity contribution in [2.45, 2.75) is 51.2 Å². The summed E-state index contributed by atoms with van der Waals surface area (Å²) in [6.45, 7) is 3.62. The van der Waals surface area contributed by atoms with Crippen LogP contribution in [0.5, 0.6) is 5.75 Å². The van der Waals surface area contributed by atoms with E-state index in [1.54, 1.807) is 24.3 Å². The molecular weight excluding hydrogens is 286 g/mol. The number of carbonyl (C=O) groups excluding carboxylic acids is 1. The van der Waals surface area contributed by atoms with E-state index in [1.807, 2.05) is 13.8 Å². The minimum atomic E-state index is -0.879. The van der Waals surface area contributed by atoms with E-state index in [0.29, 0.717) is 22.7 Å². The highest BCUT2D eigenvalue weighted by Crippen LogP contribution is 2.44. The molecule has 0 saturated heterocycles. The Bertz CT molecular complexity index is 526. The molecule has 4 heteroatoms. The predicted octanol–water partition coefficient (Wildman–Crippen LogP) is 3.80. The summed E-state index contributed by atoms with van der Waals surface area (Å²) in [4.78, 5) is 12.5. The molecule has 0 spiro atoms. The second kappa shape index (κ2) is 5.53. The molecule has 0 unspecified atom stereocenters. The highest BCUT2D eigenvalue weighted by atomic mass is 35.5. The van der Waals surface area contributed by atoms with E-state index in [-0.39, 0.29) is 5.91 Å². The lowest BCUT2D eigenvalue weighted by Crippen LogP contribution is -2.51. The Hall–Kier alpha value is -1.22. The highest BCUT2D eigenvalue weighted by molar-refractivity contribution is 6.30. The molecule has 1 amide bonds. The summed E-state index contributed by atoms with van der Waals surface area (Å²) in [7, 11) is 0. The molecule has 0 aromatic heterocycles. The second-order valence-electron chi connectivity index (χ2n) is 6.82. The molecule has 114 valence electrons. The van der Waals surface area contributed by atoms with E-state index < -0.39 is 5.60 Å². The van der Waals surface area contributed by atoms with Crippen molar-refractivity contribution in [2.24, 2.45) is 11.8 Å². The van der Waals surface area contributed by atoms with E-state index >= 15 is 0 Å². The normalized spacial score (nSPS) is 27.7. The third kappa shape index (κ3) is 3.18. The first-order chi connectivity index (χ1) is 9.94. The van der Waals surface area contributed by atoms with Gasteiger partial charge in [0, 0.05) is 11.1 Å². The van der Waals surface area contributed by atoms with Crippen LogP contribution in [0, 0.1) is 11.8 Å². The van der Waals surface area contributed by atoms with Crippen LogP contribution in [0.3, 0.4) is 0 Å². The number of halogens is 1. The Balaban J connectivity index is 1.61. The van der Waals surface area contributed by atoms with Gasteiger partial charge in [0.15, 0.2) is 5.60 Å². The molecule has 3 rings (SSSR count). The number of nitrogens with one attached hydrogen (secondary N) is 1. The van der Waals surface area contributed by atoms with Gasteiger partial charge in [0.2, 0.25) is 0 Å². The number of benzene rings is 1. The van der Waals surface area contributed by atoms with Gasteiger partial charge in [0.05, 0.1) is 0 Å². The molecule has 2 aliphatic carbocycles. The zero-order valence-corrected chi connectivity index (χ0v) is 13.3. The quantitative estimate of drug-likeness (QED) is 0.919. The average molecular weight is 308 g/mol. The van der Waals surface area contributed by atoms with Gasteiger partial charge in [-0.3, -0.25) is 4.79 Å². The Morgan fingerprint density at radius 2 is 1.95 bits per heavy atom. The summed E-state index contributed by atoms with van der Waals surface area (Å²) in [5, 5.41) is 3.85. The number of carbonyl (C=O) groups is 1. The molecule has 2 aliphatic rings. The number of hydrogen-bond acceptors (Lipinski definition) is 2. The molecule has 3 atom stereocenters. The number of amides is 1. The first-order valence-corrected chi connectivity index (χ1v) is 8.07. The maximum absolute atomic E-state index is 12.5. The number of fused-ring (bicyclic) bond motifs is 2. The number of ether oxygens (including phenoxy) is 1. The van der Waals surface area contributed by atoms with Crippen LogP contribution < -0.4 is 10.1 Å². The third-order valence-corrected chi connectivity index (χ3v) is 5.04. The molecule has 2 bridgehead atoms. The zero-order chi connectivity index (χ0) is 15.0. The van der Waals surface area contributed by atoms with Crippen LogP contribution in [0.2, 0.25) is 5.02 Å². The van der Waals surface area contributed by atoms with Gasteiger partial charge in [-0.25, -0.2) is 0 Å². The van der Waals surface area contributed by atoms with E-state index in [4.69, 9.17) is 16.3 Å². The Kier molecular flexibility index (Phi) is 3.87.